The van der Waals surface area contributed by atoms with Crippen LogP contribution in [0.4, 0.5) is 0 Å². The largest absolute Gasteiger partial charge is 0.496 e. The van der Waals surface area contributed by atoms with E-state index < -0.39 is 0 Å². The summed E-state index contributed by atoms with van der Waals surface area (Å²) >= 11 is 0. The summed E-state index contributed by atoms with van der Waals surface area (Å²) in [4.78, 5) is 0. The van der Waals surface area contributed by atoms with E-state index in [4.69, 9.17) is 4.74 Å². The van der Waals surface area contributed by atoms with Gasteiger partial charge in [-0.1, -0.05) is 25.5 Å². The molecule has 0 heterocycles. The molecule has 0 aliphatic carbocycles. The first-order valence-corrected chi connectivity index (χ1v) is 6.64. The van der Waals surface area contributed by atoms with Crippen molar-refractivity contribution in [3.8, 4) is 5.75 Å². The number of methoxy groups -OCH3 is 1. The second kappa shape index (κ2) is 7.39. The van der Waals surface area contributed by atoms with Crippen LogP contribution in [0.2, 0.25) is 0 Å². The average molecular weight is 250 g/mol. The first kappa shape index (κ1) is 15.0. The lowest BCUT2D eigenvalue weighted by Gasteiger charge is -2.26. The van der Waals surface area contributed by atoms with Crippen LogP contribution in [-0.2, 0) is 0 Å². The SMILES string of the molecule is CCC(CNC)C(NC)c1ccc(OC)c(C)c1. The molecule has 2 unspecified atom stereocenters. The number of nitrogens with one attached hydrogen (secondary N) is 2. The molecule has 0 saturated heterocycles. The van der Waals surface area contributed by atoms with Gasteiger partial charge in [0.25, 0.3) is 0 Å². The van der Waals surface area contributed by atoms with Crippen LogP contribution in [0.15, 0.2) is 18.2 Å². The molecule has 0 aliphatic heterocycles. The summed E-state index contributed by atoms with van der Waals surface area (Å²) in [5, 5.41) is 6.71. The molecule has 1 aromatic rings. The van der Waals surface area contributed by atoms with Crippen LogP contribution in [0, 0.1) is 12.8 Å². The zero-order valence-electron chi connectivity index (χ0n) is 12.2. The van der Waals surface area contributed by atoms with Crippen molar-refractivity contribution in [3.05, 3.63) is 29.3 Å². The van der Waals surface area contributed by atoms with Crippen molar-refractivity contribution < 1.29 is 4.74 Å². The number of hydrogen-bond donors (Lipinski definition) is 2. The summed E-state index contributed by atoms with van der Waals surface area (Å²) in [6, 6.07) is 6.82. The number of benzene rings is 1. The third-order valence-corrected chi connectivity index (χ3v) is 3.55. The van der Waals surface area contributed by atoms with Crippen molar-refractivity contribution >= 4 is 0 Å². The Morgan fingerprint density at radius 2 is 2.00 bits per heavy atom. The molecule has 0 fully saturated rings. The maximum Gasteiger partial charge on any atom is 0.121 e. The highest BCUT2D eigenvalue weighted by molar-refractivity contribution is 5.37. The smallest absolute Gasteiger partial charge is 0.121 e. The Bertz CT molecular complexity index is 366. The third kappa shape index (κ3) is 3.47. The van der Waals surface area contributed by atoms with E-state index in [0.29, 0.717) is 12.0 Å². The minimum absolute atomic E-state index is 0.382. The predicted molar refractivity (Wildman–Crippen MR) is 77.2 cm³/mol. The van der Waals surface area contributed by atoms with Crippen LogP contribution >= 0.6 is 0 Å². The molecule has 1 rings (SSSR count). The lowest BCUT2D eigenvalue weighted by Crippen LogP contribution is -2.31. The molecule has 3 nitrogen and oxygen atoms in total. The molecule has 0 aliphatic rings. The number of rotatable bonds is 7. The zero-order chi connectivity index (χ0) is 13.5. The molecule has 2 atom stereocenters. The summed E-state index contributed by atoms with van der Waals surface area (Å²) < 4.78 is 5.31. The van der Waals surface area contributed by atoms with Gasteiger partial charge in [0.05, 0.1) is 7.11 Å². The Labute approximate surface area is 111 Å². The van der Waals surface area contributed by atoms with E-state index in [2.05, 4.69) is 42.7 Å². The summed E-state index contributed by atoms with van der Waals surface area (Å²) in [6.45, 7) is 5.35. The van der Waals surface area contributed by atoms with Gasteiger partial charge >= 0.3 is 0 Å². The minimum Gasteiger partial charge on any atom is -0.496 e. The van der Waals surface area contributed by atoms with Crippen LogP contribution in [0.1, 0.15) is 30.5 Å². The lowest BCUT2D eigenvalue weighted by atomic mass is 9.90. The monoisotopic (exact) mass is 250 g/mol. The van der Waals surface area contributed by atoms with E-state index in [9.17, 15) is 0 Å². The minimum atomic E-state index is 0.382. The molecule has 0 radical (unpaired) electrons. The fraction of sp³-hybridized carbons (Fsp3) is 0.600. The number of hydrogen-bond acceptors (Lipinski definition) is 3. The van der Waals surface area contributed by atoms with Crippen LogP contribution in [-0.4, -0.2) is 27.7 Å². The van der Waals surface area contributed by atoms with E-state index >= 15 is 0 Å². The molecule has 0 bridgehead atoms. The molecule has 102 valence electrons. The molecule has 18 heavy (non-hydrogen) atoms. The van der Waals surface area contributed by atoms with E-state index in [1.165, 1.54) is 11.1 Å². The van der Waals surface area contributed by atoms with Gasteiger partial charge in [-0.15, -0.1) is 0 Å². The quantitative estimate of drug-likeness (QED) is 0.780. The normalized spacial score (nSPS) is 14.3. The summed E-state index contributed by atoms with van der Waals surface area (Å²) in [5.41, 5.74) is 2.52. The van der Waals surface area contributed by atoms with Gasteiger partial charge in [0, 0.05) is 6.04 Å². The van der Waals surface area contributed by atoms with Gasteiger partial charge in [0.2, 0.25) is 0 Å². The average Bonchev–Trinajstić information content (AvgIpc) is 2.38. The van der Waals surface area contributed by atoms with Crippen LogP contribution in [0.5, 0.6) is 5.75 Å². The molecule has 0 aromatic heterocycles. The van der Waals surface area contributed by atoms with E-state index in [1.807, 2.05) is 14.1 Å². The van der Waals surface area contributed by atoms with Gasteiger partial charge in [-0.05, 0) is 50.7 Å². The Hall–Kier alpha value is -1.06. The van der Waals surface area contributed by atoms with Crippen molar-refractivity contribution in [2.75, 3.05) is 27.7 Å². The van der Waals surface area contributed by atoms with Crippen LogP contribution in [0.3, 0.4) is 0 Å². The van der Waals surface area contributed by atoms with Crippen molar-refractivity contribution in [1.29, 1.82) is 0 Å². The second-order valence-electron chi connectivity index (χ2n) is 4.72. The molecular formula is C15H26N2O. The Morgan fingerprint density at radius 1 is 1.28 bits per heavy atom. The molecule has 0 amide bonds. The third-order valence-electron chi connectivity index (χ3n) is 3.55. The summed E-state index contributed by atoms with van der Waals surface area (Å²) in [6.07, 6.45) is 1.15. The molecule has 0 spiro atoms. The number of ether oxygens (including phenoxy) is 1. The van der Waals surface area contributed by atoms with Crippen molar-refractivity contribution in [2.24, 2.45) is 5.92 Å². The Morgan fingerprint density at radius 3 is 2.44 bits per heavy atom. The highest BCUT2D eigenvalue weighted by Crippen LogP contribution is 2.28. The molecule has 2 N–H and O–H groups in total. The molecular weight excluding hydrogens is 224 g/mol. The maximum atomic E-state index is 5.31. The van der Waals surface area contributed by atoms with Gasteiger partial charge < -0.3 is 15.4 Å². The number of aryl methyl sites for hydroxylation is 1. The summed E-state index contributed by atoms with van der Waals surface area (Å²) in [5.74, 6) is 1.54. The maximum absolute atomic E-state index is 5.31. The predicted octanol–water partition coefficient (Wildman–Crippen LogP) is 2.51. The second-order valence-corrected chi connectivity index (χ2v) is 4.72. The van der Waals surface area contributed by atoms with Gasteiger partial charge in [-0.25, -0.2) is 0 Å². The van der Waals surface area contributed by atoms with Gasteiger partial charge in [-0.2, -0.15) is 0 Å². The molecule has 0 saturated carbocycles. The molecule has 3 heteroatoms. The highest BCUT2D eigenvalue weighted by Gasteiger charge is 2.20. The van der Waals surface area contributed by atoms with Crippen LogP contribution < -0.4 is 15.4 Å². The fourth-order valence-corrected chi connectivity index (χ4v) is 2.53. The van der Waals surface area contributed by atoms with Gasteiger partial charge in [0.1, 0.15) is 5.75 Å². The Balaban J connectivity index is 2.97. The summed E-state index contributed by atoms with van der Waals surface area (Å²) in [7, 11) is 5.75. The van der Waals surface area contributed by atoms with E-state index in [0.717, 1.165) is 18.7 Å². The first-order chi connectivity index (χ1) is 8.67. The fourth-order valence-electron chi connectivity index (χ4n) is 2.53. The van der Waals surface area contributed by atoms with Gasteiger partial charge in [0.15, 0.2) is 0 Å². The van der Waals surface area contributed by atoms with Gasteiger partial charge in [-0.3, -0.25) is 0 Å². The first-order valence-electron chi connectivity index (χ1n) is 6.64. The highest BCUT2D eigenvalue weighted by atomic mass is 16.5. The van der Waals surface area contributed by atoms with Crippen molar-refractivity contribution in [1.82, 2.24) is 10.6 Å². The van der Waals surface area contributed by atoms with E-state index in [-0.39, 0.29) is 0 Å². The van der Waals surface area contributed by atoms with Crippen molar-refractivity contribution in [2.45, 2.75) is 26.3 Å². The molecule has 1 aromatic carbocycles. The standard InChI is InChI=1S/C15H26N2O/c1-6-12(10-16-3)15(17-4)13-7-8-14(18-5)11(2)9-13/h7-9,12,15-17H,6,10H2,1-5H3. The van der Waals surface area contributed by atoms with Crippen molar-refractivity contribution in [3.63, 3.8) is 0 Å². The Kier molecular flexibility index (Phi) is 6.16. The topological polar surface area (TPSA) is 33.3 Å². The zero-order valence-corrected chi connectivity index (χ0v) is 12.2. The van der Waals surface area contributed by atoms with Crippen LogP contribution in [0.25, 0.3) is 0 Å². The lowest BCUT2D eigenvalue weighted by molar-refractivity contribution is 0.358. The van der Waals surface area contributed by atoms with E-state index in [1.54, 1.807) is 7.11 Å².